The van der Waals surface area contributed by atoms with Crippen molar-refractivity contribution in [3.63, 3.8) is 0 Å². The molecule has 1 aromatic rings. The summed E-state index contributed by atoms with van der Waals surface area (Å²) >= 11 is 0. The van der Waals surface area contributed by atoms with Crippen molar-refractivity contribution in [3.05, 3.63) is 42.5 Å². The van der Waals surface area contributed by atoms with Crippen LogP contribution >= 0.6 is 0 Å². The van der Waals surface area contributed by atoms with E-state index < -0.39 is 11.8 Å². The largest absolute Gasteiger partial charge is 0.497 e. The first kappa shape index (κ1) is 11.0. The van der Waals surface area contributed by atoms with E-state index in [1.54, 1.807) is 24.3 Å². The van der Waals surface area contributed by atoms with Crippen LogP contribution in [-0.2, 0) is 4.79 Å². The molecule has 78 valence electrons. The zero-order valence-corrected chi connectivity index (χ0v) is 8.32. The summed E-state index contributed by atoms with van der Waals surface area (Å²) in [4.78, 5) is 22.2. The lowest BCUT2D eigenvalue weighted by Gasteiger charge is -2.02. The molecule has 4 heteroatoms. The molecule has 0 atom stereocenters. The van der Waals surface area contributed by atoms with Crippen LogP contribution in [0.25, 0.3) is 0 Å². The molecule has 0 heterocycles. The number of amides is 2. The second-order valence-electron chi connectivity index (χ2n) is 2.75. The Morgan fingerprint density at radius 1 is 1.33 bits per heavy atom. The Balaban J connectivity index is 2.74. The summed E-state index contributed by atoms with van der Waals surface area (Å²) in [6, 6.07) is 6.44. The smallest absolute Gasteiger partial charge is 0.258 e. The van der Waals surface area contributed by atoms with E-state index in [9.17, 15) is 9.59 Å². The molecule has 0 saturated carbocycles. The van der Waals surface area contributed by atoms with Crippen LogP contribution in [0.15, 0.2) is 36.9 Å². The van der Waals surface area contributed by atoms with Crippen LogP contribution in [0.4, 0.5) is 0 Å². The normalized spacial score (nSPS) is 9.13. The molecule has 0 saturated heterocycles. The molecule has 2 amide bonds. The number of hydrogen-bond donors (Lipinski definition) is 1. The van der Waals surface area contributed by atoms with Crippen molar-refractivity contribution >= 4 is 11.8 Å². The summed E-state index contributed by atoms with van der Waals surface area (Å²) in [5.74, 6) is -0.319. The maximum absolute atomic E-state index is 11.4. The molecule has 0 radical (unpaired) electrons. The van der Waals surface area contributed by atoms with E-state index >= 15 is 0 Å². The average Bonchev–Trinajstić information content (AvgIpc) is 2.29. The van der Waals surface area contributed by atoms with Gasteiger partial charge in [0.15, 0.2) is 0 Å². The van der Waals surface area contributed by atoms with Gasteiger partial charge in [-0.25, -0.2) is 0 Å². The molecule has 0 aliphatic rings. The minimum absolute atomic E-state index is 0.394. The van der Waals surface area contributed by atoms with Gasteiger partial charge in [-0.3, -0.25) is 14.9 Å². The number of nitrogens with one attached hydrogen (secondary N) is 1. The lowest BCUT2D eigenvalue weighted by molar-refractivity contribution is -0.115. The zero-order valence-electron chi connectivity index (χ0n) is 8.32. The van der Waals surface area contributed by atoms with E-state index in [4.69, 9.17) is 4.74 Å². The monoisotopic (exact) mass is 205 g/mol. The van der Waals surface area contributed by atoms with Crippen molar-refractivity contribution < 1.29 is 14.3 Å². The van der Waals surface area contributed by atoms with Gasteiger partial charge in [0.2, 0.25) is 5.91 Å². The van der Waals surface area contributed by atoms with Gasteiger partial charge < -0.3 is 4.74 Å². The fraction of sp³-hybridized carbons (Fsp3) is 0.0909. The molecule has 0 unspecified atom stereocenters. The topological polar surface area (TPSA) is 55.4 Å². The fourth-order valence-corrected chi connectivity index (χ4v) is 0.977. The Bertz CT molecular complexity index is 381. The molecular weight excluding hydrogens is 194 g/mol. The van der Waals surface area contributed by atoms with E-state index in [2.05, 4.69) is 11.9 Å². The Morgan fingerprint density at radius 2 is 1.93 bits per heavy atom. The minimum atomic E-state index is -0.518. The van der Waals surface area contributed by atoms with Crippen LogP contribution in [0, 0.1) is 0 Å². The summed E-state index contributed by atoms with van der Waals surface area (Å²) in [5.41, 5.74) is 0.394. The second kappa shape index (κ2) is 4.95. The van der Waals surface area contributed by atoms with Crippen LogP contribution < -0.4 is 10.1 Å². The van der Waals surface area contributed by atoms with Crippen molar-refractivity contribution in [2.75, 3.05) is 7.11 Å². The number of ether oxygens (including phenoxy) is 1. The number of methoxy groups -OCH3 is 1. The van der Waals surface area contributed by atoms with Crippen LogP contribution in [0.3, 0.4) is 0 Å². The standard InChI is InChI=1S/C11H11NO3/c1-3-10(13)12-11(14)8-4-6-9(15-2)7-5-8/h3-7H,1H2,2H3,(H,12,13,14). The molecule has 0 bridgehead atoms. The van der Waals surface area contributed by atoms with Crippen molar-refractivity contribution in [3.8, 4) is 5.75 Å². The molecule has 1 aromatic carbocycles. The van der Waals surface area contributed by atoms with E-state index in [1.165, 1.54) is 7.11 Å². The van der Waals surface area contributed by atoms with E-state index in [1.807, 2.05) is 0 Å². The van der Waals surface area contributed by atoms with Crippen molar-refractivity contribution in [2.45, 2.75) is 0 Å². The third kappa shape index (κ3) is 2.95. The highest BCUT2D eigenvalue weighted by Crippen LogP contribution is 2.10. The molecule has 0 fully saturated rings. The third-order valence-electron chi connectivity index (χ3n) is 1.77. The van der Waals surface area contributed by atoms with Crippen LogP contribution in [0.1, 0.15) is 10.4 Å². The van der Waals surface area contributed by atoms with Crippen molar-refractivity contribution in [1.82, 2.24) is 5.32 Å². The first-order chi connectivity index (χ1) is 7.17. The van der Waals surface area contributed by atoms with E-state index in [-0.39, 0.29) is 0 Å². The van der Waals surface area contributed by atoms with Crippen LogP contribution in [0.2, 0.25) is 0 Å². The third-order valence-corrected chi connectivity index (χ3v) is 1.77. The minimum Gasteiger partial charge on any atom is -0.497 e. The molecule has 1 rings (SSSR count). The molecular formula is C11H11NO3. The first-order valence-electron chi connectivity index (χ1n) is 4.29. The van der Waals surface area contributed by atoms with Gasteiger partial charge in [0.1, 0.15) is 5.75 Å². The summed E-state index contributed by atoms with van der Waals surface area (Å²) in [5, 5.41) is 2.15. The Morgan fingerprint density at radius 3 is 2.40 bits per heavy atom. The summed E-state index contributed by atoms with van der Waals surface area (Å²) in [6.45, 7) is 3.25. The Hall–Kier alpha value is -2.10. The quantitative estimate of drug-likeness (QED) is 0.753. The predicted octanol–water partition coefficient (Wildman–Crippen LogP) is 1.14. The summed E-state index contributed by atoms with van der Waals surface area (Å²) in [7, 11) is 1.54. The molecule has 0 aromatic heterocycles. The van der Waals surface area contributed by atoms with Crippen molar-refractivity contribution in [1.29, 1.82) is 0 Å². The Labute approximate surface area is 87.6 Å². The van der Waals surface area contributed by atoms with Gasteiger partial charge in [0.05, 0.1) is 7.11 Å². The summed E-state index contributed by atoms with van der Waals surface area (Å²) in [6.07, 6.45) is 1.04. The number of benzene rings is 1. The average molecular weight is 205 g/mol. The van der Waals surface area contributed by atoms with Gasteiger partial charge in [-0.2, -0.15) is 0 Å². The number of imide groups is 1. The first-order valence-corrected chi connectivity index (χ1v) is 4.29. The van der Waals surface area contributed by atoms with Crippen molar-refractivity contribution in [2.24, 2.45) is 0 Å². The number of rotatable bonds is 3. The van der Waals surface area contributed by atoms with Gasteiger partial charge in [0, 0.05) is 5.56 Å². The molecule has 0 aliphatic heterocycles. The van der Waals surface area contributed by atoms with Gasteiger partial charge in [-0.15, -0.1) is 0 Å². The SMILES string of the molecule is C=CC(=O)NC(=O)c1ccc(OC)cc1. The molecule has 0 spiro atoms. The molecule has 4 nitrogen and oxygen atoms in total. The molecule has 0 aliphatic carbocycles. The molecule has 1 N–H and O–H groups in total. The highest BCUT2D eigenvalue weighted by molar-refractivity contribution is 6.07. The van der Waals surface area contributed by atoms with E-state index in [0.29, 0.717) is 11.3 Å². The maximum atomic E-state index is 11.4. The Kier molecular flexibility index (Phi) is 3.62. The highest BCUT2D eigenvalue weighted by atomic mass is 16.5. The highest BCUT2D eigenvalue weighted by Gasteiger charge is 2.07. The molecule has 15 heavy (non-hydrogen) atoms. The van der Waals surface area contributed by atoms with Gasteiger partial charge in [0.25, 0.3) is 5.91 Å². The lowest BCUT2D eigenvalue weighted by Crippen LogP contribution is -2.28. The van der Waals surface area contributed by atoms with Gasteiger partial charge in [-0.1, -0.05) is 6.58 Å². The zero-order chi connectivity index (χ0) is 11.3. The van der Waals surface area contributed by atoms with Gasteiger partial charge >= 0.3 is 0 Å². The van der Waals surface area contributed by atoms with Gasteiger partial charge in [-0.05, 0) is 30.3 Å². The van der Waals surface area contributed by atoms with Crippen LogP contribution in [-0.4, -0.2) is 18.9 Å². The maximum Gasteiger partial charge on any atom is 0.258 e. The number of carbonyl (C=O) groups excluding carboxylic acids is 2. The fourth-order valence-electron chi connectivity index (χ4n) is 0.977. The lowest BCUT2D eigenvalue weighted by atomic mass is 10.2. The van der Waals surface area contributed by atoms with Crippen LogP contribution in [0.5, 0.6) is 5.75 Å². The van der Waals surface area contributed by atoms with E-state index in [0.717, 1.165) is 6.08 Å². The number of carbonyl (C=O) groups is 2. The predicted molar refractivity (Wildman–Crippen MR) is 55.7 cm³/mol. The number of hydrogen-bond acceptors (Lipinski definition) is 3. The summed E-state index contributed by atoms with van der Waals surface area (Å²) < 4.78 is 4.94. The second-order valence-corrected chi connectivity index (χ2v) is 2.75.